The number of hydrogen-bond donors (Lipinski definition) is 1. The summed E-state index contributed by atoms with van der Waals surface area (Å²) >= 11 is 6.06. The fraction of sp³-hybridized carbons (Fsp3) is 0.615. The van der Waals surface area contributed by atoms with Gasteiger partial charge in [0.1, 0.15) is 10.7 Å². The zero-order valence-electron chi connectivity index (χ0n) is 12.2. The minimum absolute atomic E-state index is 0.141. The van der Waals surface area contributed by atoms with E-state index in [1.54, 1.807) is 0 Å². The Morgan fingerprint density at radius 1 is 1.35 bits per heavy atom. The van der Waals surface area contributed by atoms with Crippen LogP contribution in [-0.4, -0.2) is 37.3 Å². The van der Waals surface area contributed by atoms with Crippen LogP contribution in [0.3, 0.4) is 0 Å². The van der Waals surface area contributed by atoms with Crippen LogP contribution in [-0.2, 0) is 10.0 Å². The molecule has 0 saturated heterocycles. The first-order valence-electron chi connectivity index (χ1n) is 6.86. The van der Waals surface area contributed by atoms with Crippen molar-refractivity contribution in [2.45, 2.75) is 38.5 Å². The lowest BCUT2D eigenvalue weighted by atomic mass is 10.3. The average Bonchev–Trinajstić information content (AvgIpc) is 2.41. The normalized spacial score (nSPS) is 11.8. The average molecular weight is 320 g/mol. The van der Waals surface area contributed by atoms with Gasteiger partial charge in [0.05, 0.1) is 5.02 Å². The number of pyridine rings is 1. The van der Waals surface area contributed by atoms with E-state index in [1.165, 1.54) is 16.6 Å². The molecule has 1 aromatic rings. The maximum atomic E-state index is 12.5. The number of rotatable bonds is 8. The fourth-order valence-electron chi connectivity index (χ4n) is 1.79. The summed E-state index contributed by atoms with van der Waals surface area (Å²) in [5.74, 6) is 0.504. The van der Waals surface area contributed by atoms with E-state index in [1.807, 2.05) is 20.8 Å². The number of aromatic nitrogens is 1. The van der Waals surface area contributed by atoms with Gasteiger partial charge in [0.2, 0.25) is 10.0 Å². The lowest BCUT2D eigenvalue weighted by molar-refractivity contribution is 0.418. The molecular formula is C13H22ClN3O2S. The number of nitrogens with zero attached hydrogens (tertiary/aromatic N) is 2. The summed E-state index contributed by atoms with van der Waals surface area (Å²) in [7, 11) is -3.52. The van der Waals surface area contributed by atoms with E-state index < -0.39 is 10.0 Å². The standard InChI is InChI=1S/C13H22ClN3O2S/c1-4-7-8-17(6-3)20(18,19)11-9-12(14)13(15-5-2)16-10-11/h9-10H,4-8H2,1-3H3,(H,15,16). The van der Waals surface area contributed by atoms with Gasteiger partial charge in [0, 0.05) is 25.8 Å². The van der Waals surface area contributed by atoms with Crippen LogP contribution in [0.5, 0.6) is 0 Å². The zero-order valence-corrected chi connectivity index (χ0v) is 13.8. The molecule has 1 N–H and O–H groups in total. The summed E-state index contributed by atoms with van der Waals surface area (Å²) < 4.78 is 26.5. The molecule has 0 spiro atoms. The van der Waals surface area contributed by atoms with Crippen molar-refractivity contribution in [1.29, 1.82) is 0 Å². The second kappa shape index (κ2) is 7.81. The third kappa shape index (κ3) is 4.07. The van der Waals surface area contributed by atoms with Crippen molar-refractivity contribution in [2.75, 3.05) is 25.0 Å². The molecule has 0 aliphatic rings. The molecule has 0 radical (unpaired) electrons. The molecular weight excluding hydrogens is 298 g/mol. The SMILES string of the molecule is CCCCN(CC)S(=O)(=O)c1cnc(NCC)c(Cl)c1. The number of anilines is 1. The predicted octanol–water partition coefficient (Wildman–Crippen LogP) is 2.98. The maximum absolute atomic E-state index is 12.5. The van der Waals surface area contributed by atoms with Gasteiger partial charge in [-0.15, -0.1) is 0 Å². The van der Waals surface area contributed by atoms with Crippen LogP contribution < -0.4 is 5.32 Å². The second-order valence-electron chi connectivity index (χ2n) is 4.38. The van der Waals surface area contributed by atoms with Crippen LogP contribution in [0.1, 0.15) is 33.6 Å². The lowest BCUT2D eigenvalue weighted by Crippen LogP contribution is -2.32. The van der Waals surface area contributed by atoms with Crippen molar-refractivity contribution < 1.29 is 8.42 Å². The van der Waals surface area contributed by atoms with Gasteiger partial charge in [-0.3, -0.25) is 0 Å². The van der Waals surface area contributed by atoms with E-state index in [4.69, 9.17) is 11.6 Å². The smallest absolute Gasteiger partial charge is 0.244 e. The molecule has 1 heterocycles. The second-order valence-corrected chi connectivity index (χ2v) is 6.73. The summed E-state index contributed by atoms with van der Waals surface area (Å²) in [5.41, 5.74) is 0. The largest absolute Gasteiger partial charge is 0.369 e. The lowest BCUT2D eigenvalue weighted by Gasteiger charge is -2.20. The Balaban J connectivity index is 3.05. The number of nitrogens with one attached hydrogen (secondary N) is 1. The highest BCUT2D eigenvalue weighted by molar-refractivity contribution is 7.89. The van der Waals surface area contributed by atoms with Crippen molar-refractivity contribution in [3.8, 4) is 0 Å². The number of unbranched alkanes of at least 4 members (excludes halogenated alkanes) is 1. The maximum Gasteiger partial charge on any atom is 0.244 e. The monoisotopic (exact) mass is 319 g/mol. The Bertz CT molecular complexity index is 534. The third-order valence-electron chi connectivity index (χ3n) is 2.91. The molecule has 0 unspecified atom stereocenters. The molecule has 114 valence electrons. The van der Waals surface area contributed by atoms with Gasteiger partial charge in [-0.25, -0.2) is 13.4 Å². The Hall–Kier alpha value is -0.850. The molecule has 0 aliphatic carbocycles. The summed E-state index contributed by atoms with van der Waals surface area (Å²) in [4.78, 5) is 4.22. The first-order valence-corrected chi connectivity index (χ1v) is 8.68. The molecule has 0 bridgehead atoms. The van der Waals surface area contributed by atoms with Gasteiger partial charge in [-0.05, 0) is 19.4 Å². The number of halogens is 1. The zero-order chi connectivity index (χ0) is 15.2. The van der Waals surface area contributed by atoms with E-state index in [9.17, 15) is 8.42 Å². The highest BCUT2D eigenvalue weighted by atomic mass is 35.5. The molecule has 0 aromatic carbocycles. The summed E-state index contributed by atoms with van der Waals surface area (Å²) in [6.07, 6.45) is 3.14. The topological polar surface area (TPSA) is 62.3 Å². The Labute approximate surface area is 126 Å². The Kier molecular flexibility index (Phi) is 6.71. The Morgan fingerprint density at radius 2 is 2.05 bits per heavy atom. The van der Waals surface area contributed by atoms with Gasteiger partial charge in [0.25, 0.3) is 0 Å². The molecule has 5 nitrogen and oxygen atoms in total. The minimum Gasteiger partial charge on any atom is -0.369 e. The number of sulfonamides is 1. The van der Waals surface area contributed by atoms with Crippen molar-refractivity contribution in [1.82, 2.24) is 9.29 Å². The van der Waals surface area contributed by atoms with Crippen molar-refractivity contribution in [3.63, 3.8) is 0 Å². The minimum atomic E-state index is -3.52. The van der Waals surface area contributed by atoms with Gasteiger partial charge in [0.15, 0.2) is 0 Å². The molecule has 20 heavy (non-hydrogen) atoms. The molecule has 0 aliphatic heterocycles. The highest BCUT2D eigenvalue weighted by Crippen LogP contribution is 2.24. The predicted molar refractivity (Wildman–Crippen MR) is 82.8 cm³/mol. The van der Waals surface area contributed by atoms with Gasteiger partial charge >= 0.3 is 0 Å². The first kappa shape index (κ1) is 17.2. The first-order chi connectivity index (χ1) is 9.47. The summed E-state index contributed by atoms with van der Waals surface area (Å²) in [6, 6.07) is 1.45. The number of hydrogen-bond acceptors (Lipinski definition) is 4. The van der Waals surface area contributed by atoms with E-state index in [-0.39, 0.29) is 4.90 Å². The highest BCUT2D eigenvalue weighted by Gasteiger charge is 2.23. The fourth-order valence-corrected chi connectivity index (χ4v) is 3.55. The van der Waals surface area contributed by atoms with Gasteiger partial charge in [-0.1, -0.05) is 31.9 Å². The van der Waals surface area contributed by atoms with Gasteiger partial charge in [-0.2, -0.15) is 4.31 Å². The molecule has 0 fully saturated rings. The van der Waals surface area contributed by atoms with Crippen molar-refractivity contribution in [2.24, 2.45) is 0 Å². The van der Waals surface area contributed by atoms with E-state index >= 15 is 0 Å². The molecule has 0 saturated carbocycles. The molecule has 1 rings (SSSR count). The Morgan fingerprint density at radius 3 is 2.55 bits per heavy atom. The van der Waals surface area contributed by atoms with Crippen LogP contribution in [0, 0.1) is 0 Å². The molecule has 0 amide bonds. The van der Waals surface area contributed by atoms with Crippen LogP contribution >= 0.6 is 11.6 Å². The third-order valence-corrected chi connectivity index (χ3v) is 5.14. The van der Waals surface area contributed by atoms with Crippen LogP contribution in [0.25, 0.3) is 0 Å². The van der Waals surface area contributed by atoms with Crippen LogP contribution in [0.2, 0.25) is 5.02 Å². The van der Waals surface area contributed by atoms with Crippen LogP contribution in [0.15, 0.2) is 17.2 Å². The summed E-state index contributed by atoms with van der Waals surface area (Å²) in [5, 5.41) is 3.30. The molecule has 1 aromatic heterocycles. The molecule has 0 atom stereocenters. The quantitative estimate of drug-likeness (QED) is 0.800. The van der Waals surface area contributed by atoms with E-state index in [0.717, 1.165) is 12.8 Å². The van der Waals surface area contributed by atoms with Crippen molar-refractivity contribution >= 4 is 27.4 Å². The summed E-state index contributed by atoms with van der Waals surface area (Å²) in [6.45, 7) is 7.42. The van der Waals surface area contributed by atoms with E-state index in [2.05, 4.69) is 10.3 Å². The van der Waals surface area contributed by atoms with E-state index in [0.29, 0.717) is 30.5 Å². The van der Waals surface area contributed by atoms with Crippen LogP contribution in [0.4, 0.5) is 5.82 Å². The van der Waals surface area contributed by atoms with Crippen molar-refractivity contribution in [3.05, 3.63) is 17.3 Å². The molecule has 7 heteroatoms. The van der Waals surface area contributed by atoms with Gasteiger partial charge < -0.3 is 5.32 Å².